The van der Waals surface area contributed by atoms with Gasteiger partial charge in [-0.2, -0.15) is 0 Å². The maximum absolute atomic E-state index is 12.7. The van der Waals surface area contributed by atoms with Crippen molar-refractivity contribution in [1.82, 2.24) is 10.1 Å². The third-order valence-electron chi connectivity index (χ3n) is 4.83. The smallest absolute Gasteiger partial charge is 0.257 e. The lowest BCUT2D eigenvalue weighted by Gasteiger charge is -2.16. The van der Waals surface area contributed by atoms with E-state index in [4.69, 9.17) is 14.0 Å². The van der Waals surface area contributed by atoms with Crippen molar-refractivity contribution in [2.24, 2.45) is 0 Å². The molecule has 4 rings (SSSR count). The fourth-order valence-corrected chi connectivity index (χ4v) is 3.38. The van der Waals surface area contributed by atoms with Crippen molar-refractivity contribution in [2.45, 2.75) is 25.9 Å². The summed E-state index contributed by atoms with van der Waals surface area (Å²) in [6.45, 7) is 3.96. The van der Waals surface area contributed by atoms with E-state index in [0.717, 1.165) is 5.56 Å². The van der Waals surface area contributed by atoms with E-state index in [1.165, 1.54) is 11.2 Å². The highest BCUT2D eigenvalue weighted by atomic mass is 16.5. The maximum Gasteiger partial charge on any atom is 0.257 e. The van der Waals surface area contributed by atoms with E-state index in [-0.39, 0.29) is 11.8 Å². The average Bonchev–Trinajstić information content (AvgIpc) is 3.33. The first-order chi connectivity index (χ1) is 14.7. The molecule has 2 aromatic carbocycles. The van der Waals surface area contributed by atoms with E-state index in [1.807, 2.05) is 13.8 Å². The first-order valence-corrected chi connectivity index (χ1v) is 9.79. The molecule has 2 amide bonds. The normalized spacial score (nSPS) is 13.8. The van der Waals surface area contributed by atoms with E-state index in [0.29, 0.717) is 40.6 Å². The standard InChI is InChI=1S/C23H23N3O5/c1-23(2)13-17-18(30-16-7-5-14(6-8-16)22(28)26(3)4)11-15(12-19(17)31-23)21(27)24-20-9-10-29-25-20/h5-12H,13H2,1-4H3,(H,24,25,27). The van der Waals surface area contributed by atoms with Crippen molar-refractivity contribution >= 4 is 17.6 Å². The highest BCUT2D eigenvalue weighted by Crippen LogP contribution is 2.43. The van der Waals surface area contributed by atoms with Gasteiger partial charge in [-0.05, 0) is 50.2 Å². The number of carbonyl (C=O) groups is 2. The fourth-order valence-electron chi connectivity index (χ4n) is 3.38. The summed E-state index contributed by atoms with van der Waals surface area (Å²) in [6, 6.07) is 11.8. The van der Waals surface area contributed by atoms with Gasteiger partial charge in [-0.15, -0.1) is 0 Å². The molecule has 0 bridgehead atoms. The summed E-state index contributed by atoms with van der Waals surface area (Å²) < 4.78 is 16.9. The van der Waals surface area contributed by atoms with Gasteiger partial charge < -0.3 is 24.2 Å². The summed E-state index contributed by atoms with van der Waals surface area (Å²) in [6.07, 6.45) is 2.02. The molecule has 0 radical (unpaired) electrons. The van der Waals surface area contributed by atoms with Crippen LogP contribution in [0.2, 0.25) is 0 Å². The summed E-state index contributed by atoms with van der Waals surface area (Å²) in [5, 5.41) is 6.38. The minimum absolute atomic E-state index is 0.0888. The second kappa shape index (κ2) is 7.79. The summed E-state index contributed by atoms with van der Waals surface area (Å²) in [7, 11) is 3.40. The molecule has 1 aliphatic rings. The number of aromatic nitrogens is 1. The number of carbonyl (C=O) groups excluding carboxylic acids is 2. The van der Waals surface area contributed by atoms with Crippen LogP contribution in [-0.2, 0) is 6.42 Å². The summed E-state index contributed by atoms with van der Waals surface area (Å²) in [5.74, 6) is 1.55. The molecule has 0 aliphatic carbocycles. The van der Waals surface area contributed by atoms with Gasteiger partial charge in [-0.25, -0.2) is 0 Å². The zero-order valence-electron chi connectivity index (χ0n) is 17.8. The Morgan fingerprint density at radius 2 is 1.84 bits per heavy atom. The number of hydrogen-bond acceptors (Lipinski definition) is 6. The second-order valence-corrected chi connectivity index (χ2v) is 8.15. The molecule has 2 heterocycles. The monoisotopic (exact) mass is 421 g/mol. The van der Waals surface area contributed by atoms with Gasteiger partial charge in [0.25, 0.3) is 11.8 Å². The Kier molecular flexibility index (Phi) is 5.14. The van der Waals surface area contributed by atoms with Gasteiger partial charge in [0, 0.05) is 43.3 Å². The van der Waals surface area contributed by atoms with E-state index in [9.17, 15) is 9.59 Å². The Morgan fingerprint density at radius 1 is 1.10 bits per heavy atom. The van der Waals surface area contributed by atoms with Crippen molar-refractivity contribution in [2.75, 3.05) is 19.4 Å². The Balaban J connectivity index is 1.64. The van der Waals surface area contributed by atoms with E-state index in [1.54, 1.807) is 56.6 Å². The van der Waals surface area contributed by atoms with E-state index >= 15 is 0 Å². The number of hydrogen-bond donors (Lipinski definition) is 1. The van der Waals surface area contributed by atoms with E-state index in [2.05, 4.69) is 10.5 Å². The Morgan fingerprint density at radius 3 is 2.48 bits per heavy atom. The van der Waals surface area contributed by atoms with Gasteiger partial charge >= 0.3 is 0 Å². The van der Waals surface area contributed by atoms with Gasteiger partial charge in [0.05, 0.1) is 0 Å². The number of anilines is 1. The predicted octanol–water partition coefficient (Wildman–Crippen LogP) is 4.13. The van der Waals surface area contributed by atoms with Crippen LogP contribution in [0.15, 0.2) is 53.3 Å². The molecule has 0 spiro atoms. The molecule has 8 nitrogen and oxygen atoms in total. The van der Waals surface area contributed by atoms with Crippen molar-refractivity contribution in [3.8, 4) is 17.2 Å². The van der Waals surface area contributed by atoms with Crippen molar-refractivity contribution in [1.29, 1.82) is 0 Å². The lowest BCUT2D eigenvalue weighted by molar-refractivity contribution is 0.0827. The molecular weight excluding hydrogens is 398 g/mol. The van der Waals surface area contributed by atoms with Crippen LogP contribution in [0.5, 0.6) is 17.2 Å². The number of rotatable bonds is 5. The molecule has 160 valence electrons. The highest BCUT2D eigenvalue weighted by Gasteiger charge is 2.34. The predicted molar refractivity (Wildman–Crippen MR) is 114 cm³/mol. The van der Waals surface area contributed by atoms with Crippen LogP contribution in [0.25, 0.3) is 0 Å². The molecule has 0 atom stereocenters. The summed E-state index contributed by atoms with van der Waals surface area (Å²) >= 11 is 0. The molecule has 0 saturated carbocycles. The lowest BCUT2D eigenvalue weighted by atomic mass is 9.99. The topological polar surface area (TPSA) is 93.9 Å². The van der Waals surface area contributed by atoms with Crippen LogP contribution in [0.4, 0.5) is 5.82 Å². The first-order valence-electron chi connectivity index (χ1n) is 9.79. The number of ether oxygens (including phenoxy) is 2. The molecule has 8 heteroatoms. The van der Waals surface area contributed by atoms with Crippen LogP contribution in [0.1, 0.15) is 40.1 Å². The highest BCUT2D eigenvalue weighted by molar-refractivity contribution is 6.04. The lowest BCUT2D eigenvalue weighted by Crippen LogP contribution is -2.24. The number of nitrogens with one attached hydrogen (secondary N) is 1. The molecule has 1 aliphatic heterocycles. The maximum atomic E-state index is 12.7. The zero-order chi connectivity index (χ0) is 22.2. The molecule has 3 aromatic rings. The number of fused-ring (bicyclic) bond motifs is 1. The van der Waals surface area contributed by atoms with Crippen molar-refractivity contribution < 1.29 is 23.6 Å². The zero-order valence-corrected chi connectivity index (χ0v) is 17.8. The van der Waals surface area contributed by atoms with E-state index < -0.39 is 5.60 Å². The summed E-state index contributed by atoms with van der Waals surface area (Å²) in [5.41, 5.74) is 1.40. The van der Waals surface area contributed by atoms with Crippen LogP contribution in [0.3, 0.4) is 0 Å². The Labute approximate surface area is 179 Å². The van der Waals surface area contributed by atoms with Crippen LogP contribution in [-0.4, -0.2) is 41.6 Å². The van der Waals surface area contributed by atoms with Gasteiger partial charge in [0.2, 0.25) is 0 Å². The Bertz CT molecular complexity index is 1120. The van der Waals surface area contributed by atoms with Crippen LogP contribution >= 0.6 is 0 Å². The summed E-state index contributed by atoms with van der Waals surface area (Å²) in [4.78, 5) is 26.3. The molecule has 0 unspecified atom stereocenters. The van der Waals surface area contributed by atoms with Gasteiger partial charge in [0.15, 0.2) is 5.82 Å². The molecule has 31 heavy (non-hydrogen) atoms. The Hall–Kier alpha value is -3.81. The molecule has 0 fully saturated rings. The second-order valence-electron chi connectivity index (χ2n) is 8.15. The molecular formula is C23H23N3O5. The minimum atomic E-state index is -0.413. The van der Waals surface area contributed by atoms with Crippen molar-refractivity contribution in [3.05, 3.63) is 65.4 Å². The minimum Gasteiger partial charge on any atom is -0.487 e. The third-order valence-corrected chi connectivity index (χ3v) is 4.83. The number of benzene rings is 2. The largest absolute Gasteiger partial charge is 0.487 e. The molecule has 1 N–H and O–H groups in total. The van der Waals surface area contributed by atoms with Crippen molar-refractivity contribution in [3.63, 3.8) is 0 Å². The first kappa shape index (κ1) is 20.5. The quantitative estimate of drug-likeness (QED) is 0.666. The molecule has 1 aromatic heterocycles. The number of amides is 2. The number of nitrogens with zero attached hydrogens (tertiary/aromatic N) is 2. The van der Waals surface area contributed by atoms with Crippen LogP contribution in [0, 0.1) is 0 Å². The fraction of sp³-hybridized carbons (Fsp3) is 0.261. The van der Waals surface area contributed by atoms with Crippen LogP contribution < -0.4 is 14.8 Å². The average molecular weight is 421 g/mol. The molecule has 0 saturated heterocycles. The third kappa shape index (κ3) is 4.37. The SMILES string of the molecule is CN(C)C(=O)c1ccc(Oc2cc(C(=O)Nc3ccon3)cc3c2CC(C)(C)O3)cc1. The van der Waals surface area contributed by atoms with Gasteiger partial charge in [-0.3, -0.25) is 9.59 Å². The van der Waals surface area contributed by atoms with Gasteiger partial charge in [0.1, 0.15) is 29.1 Å². The van der Waals surface area contributed by atoms with Gasteiger partial charge in [-0.1, -0.05) is 5.16 Å².